The molecule has 3 rings (SSSR count). The van der Waals surface area contributed by atoms with Crippen molar-refractivity contribution in [1.29, 1.82) is 0 Å². The van der Waals surface area contributed by atoms with Crippen LogP contribution in [0.3, 0.4) is 0 Å². The van der Waals surface area contributed by atoms with E-state index in [9.17, 15) is 0 Å². The molecule has 1 N–H and O–H groups in total. The van der Waals surface area contributed by atoms with E-state index in [4.69, 9.17) is 4.42 Å². The van der Waals surface area contributed by atoms with E-state index in [2.05, 4.69) is 17.2 Å². The summed E-state index contributed by atoms with van der Waals surface area (Å²) in [5.41, 5.74) is 1.21. The normalized spacial score (nSPS) is 26.9. The van der Waals surface area contributed by atoms with Gasteiger partial charge in [0.25, 0.3) is 0 Å². The minimum atomic E-state index is 0.579. The van der Waals surface area contributed by atoms with Crippen molar-refractivity contribution in [3.05, 3.63) is 17.3 Å². The lowest BCUT2D eigenvalue weighted by Crippen LogP contribution is -2.28. The molecule has 2 fully saturated rings. The molecule has 0 radical (unpaired) electrons. The predicted octanol–water partition coefficient (Wildman–Crippen LogP) is 2.33. The summed E-state index contributed by atoms with van der Waals surface area (Å²) in [5, 5.41) is 3.43. The lowest BCUT2D eigenvalue weighted by Gasteiger charge is -2.21. The van der Waals surface area contributed by atoms with Crippen molar-refractivity contribution < 1.29 is 4.42 Å². The van der Waals surface area contributed by atoms with E-state index in [1.165, 1.54) is 31.4 Å². The maximum absolute atomic E-state index is 5.75. The summed E-state index contributed by atoms with van der Waals surface area (Å²) in [5.74, 6) is 3.25. The second-order valence-electron chi connectivity index (χ2n) is 4.81. The molecule has 15 heavy (non-hydrogen) atoms. The Balaban J connectivity index is 1.82. The molecule has 1 atom stereocenters. The van der Waals surface area contributed by atoms with Gasteiger partial charge in [0.15, 0.2) is 5.89 Å². The van der Waals surface area contributed by atoms with Gasteiger partial charge in [-0.15, -0.1) is 0 Å². The smallest absolute Gasteiger partial charge is 0.197 e. The lowest BCUT2D eigenvalue weighted by molar-refractivity contribution is 0.444. The third-order valence-electron chi connectivity index (χ3n) is 3.46. The first kappa shape index (κ1) is 9.40. The Kier molecular flexibility index (Phi) is 2.28. The average Bonchev–Trinajstić information content (AvgIpc) is 3.04. The summed E-state index contributed by atoms with van der Waals surface area (Å²) in [6.45, 7) is 4.28. The highest BCUT2D eigenvalue weighted by Crippen LogP contribution is 2.41. The quantitative estimate of drug-likeness (QED) is 0.807. The molecule has 1 unspecified atom stereocenters. The average molecular weight is 206 g/mol. The molecule has 1 saturated heterocycles. The standard InChI is InChI=1S/C12H18N2O/c1-8-11(10-3-2-6-13-7-10)14-12(15-8)9-4-5-9/h9-10,13H,2-7H2,1H3. The van der Waals surface area contributed by atoms with E-state index >= 15 is 0 Å². The van der Waals surface area contributed by atoms with Crippen molar-refractivity contribution in [2.24, 2.45) is 0 Å². The first-order valence-corrected chi connectivity index (χ1v) is 6.02. The highest BCUT2D eigenvalue weighted by Gasteiger charge is 2.31. The monoisotopic (exact) mass is 206 g/mol. The second-order valence-corrected chi connectivity index (χ2v) is 4.81. The number of oxazole rings is 1. The zero-order chi connectivity index (χ0) is 10.3. The first-order chi connectivity index (χ1) is 7.34. The molecule has 0 spiro atoms. The van der Waals surface area contributed by atoms with E-state index in [-0.39, 0.29) is 0 Å². The molecule has 1 aromatic heterocycles. The van der Waals surface area contributed by atoms with E-state index in [0.717, 1.165) is 24.7 Å². The molecule has 0 amide bonds. The molecule has 2 aliphatic rings. The molecule has 2 heterocycles. The van der Waals surface area contributed by atoms with Crippen LogP contribution < -0.4 is 5.32 Å². The minimum absolute atomic E-state index is 0.579. The Labute approximate surface area is 90.3 Å². The van der Waals surface area contributed by atoms with Crippen molar-refractivity contribution in [3.8, 4) is 0 Å². The van der Waals surface area contributed by atoms with Gasteiger partial charge in [-0.1, -0.05) is 0 Å². The first-order valence-electron chi connectivity index (χ1n) is 6.02. The Hall–Kier alpha value is -0.830. The molecule has 0 aromatic carbocycles. The number of hydrogen-bond acceptors (Lipinski definition) is 3. The van der Waals surface area contributed by atoms with Crippen LogP contribution in [0.5, 0.6) is 0 Å². The van der Waals surface area contributed by atoms with Crippen LogP contribution in [0.4, 0.5) is 0 Å². The van der Waals surface area contributed by atoms with E-state index in [1.54, 1.807) is 0 Å². The summed E-state index contributed by atoms with van der Waals surface area (Å²) in [6.07, 6.45) is 5.05. The molecule has 1 aromatic rings. The second kappa shape index (κ2) is 3.63. The summed E-state index contributed by atoms with van der Waals surface area (Å²) >= 11 is 0. The number of aryl methyl sites for hydroxylation is 1. The molecule has 3 heteroatoms. The third-order valence-corrected chi connectivity index (χ3v) is 3.46. The maximum atomic E-state index is 5.75. The van der Waals surface area contributed by atoms with E-state index in [1.807, 2.05) is 0 Å². The summed E-state index contributed by atoms with van der Waals surface area (Å²) in [6, 6.07) is 0. The number of aromatic nitrogens is 1. The molecule has 1 saturated carbocycles. The van der Waals surface area contributed by atoms with E-state index < -0.39 is 0 Å². The van der Waals surface area contributed by atoms with Gasteiger partial charge in [0.05, 0.1) is 5.69 Å². The van der Waals surface area contributed by atoms with Gasteiger partial charge in [-0.3, -0.25) is 0 Å². The van der Waals surface area contributed by atoms with Gasteiger partial charge in [0.2, 0.25) is 0 Å². The summed E-state index contributed by atoms with van der Waals surface area (Å²) in [7, 11) is 0. The number of piperidine rings is 1. The van der Waals surface area contributed by atoms with Gasteiger partial charge in [-0.2, -0.15) is 0 Å². The van der Waals surface area contributed by atoms with Crippen LogP contribution in [0, 0.1) is 6.92 Å². The number of nitrogens with zero attached hydrogens (tertiary/aromatic N) is 1. The van der Waals surface area contributed by atoms with Crippen LogP contribution in [0.2, 0.25) is 0 Å². The van der Waals surface area contributed by atoms with Crippen LogP contribution in [0.1, 0.15) is 54.9 Å². The number of nitrogens with one attached hydrogen (secondary N) is 1. The zero-order valence-electron chi connectivity index (χ0n) is 9.25. The lowest BCUT2D eigenvalue weighted by atomic mass is 9.95. The van der Waals surface area contributed by atoms with Gasteiger partial charge in [0.1, 0.15) is 5.76 Å². The molecule has 3 nitrogen and oxygen atoms in total. The largest absolute Gasteiger partial charge is 0.445 e. The van der Waals surface area contributed by atoms with Crippen LogP contribution in [-0.4, -0.2) is 18.1 Å². The summed E-state index contributed by atoms with van der Waals surface area (Å²) in [4.78, 5) is 4.69. The maximum Gasteiger partial charge on any atom is 0.197 e. The van der Waals surface area contributed by atoms with Gasteiger partial charge in [-0.05, 0) is 39.2 Å². The van der Waals surface area contributed by atoms with Gasteiger partial charge in [0, 0.05) is 18.4 Å². The topological polar surface area (TPSA) is 38.1 Å². The fraction of sp³-hybridized carbons (Fsp3) is 0.750. The molecule has 0 bridgehead atoms. The van der Waals surface area contributed by atoms with Crippen molar-refractivity contribution in [3.63, 3.8) is 0 Å². The van der Waals surface area contributed by atoms with E-state index in [0.29, 0.717) is 11.8 Å². The van der Waals surface area contributed by atoms with Crippen molar-refractivity contribution in [2.75, 3.05) is 13.1 Å². The summed E-state index contributed by atoms with van der Waals surface area (Å²) < 4.78 is 5.75. The fourth-order valence-corrected chi connectivity index (χ4v) is 2.40. The molecular weight excluding hydrogens is 188 g/mol. The number of hydrogen-bond donors (Lipinski definition) is 1. The van der Waals surface area contributed by atoms with Crippen molar-refractivity contribution >= 4 is 0 Å². The predicted molar refractivity (Wildman–Crippen MR) is 58.1 cm³/mol. The zero-order valence-corrected chi connectivity index (χ0v) is 9.25. The SMILES string of the molecule is Cc1oc(C2CC2)nc1C1CCCNC1. The number of rotatable bonds is 2. The Morgan fingerprint density at radius 2 is 2.13 bits per heavy atom. The van der Waals surface area contributed by atoms with Crippen molar-refractivity contribution in [1.82, 2.24) is 10.3 Å². The van der Waals surface area contributed by atoms with Gasteiger partial charge in [-0.25, -0.2) is 4.98 Å². The fourth-order valence-electron chi connectivity index (χ4n) is 2.40. The van der Waals surface area contributed by atoms with Crippen LogP contribution in [-0.2, 0) is 0 Å². The van der Waals surface area contributed by atoms with Gasteiger partial charge < -0.3 is 9.73 Å². The van der Waals surface area contributed by atoms with Crippen LogP contribution in [0.25, 0.3) is 0 Å². The molecular formula is C12H18N2O. The highest BCUT2D eigenvalue weighted by atomic mass is 16.4. The van der Waals surface area contributed by atoms with Crippen molar-refractivity contribution in [2.45, 2.75) is 44.4 Å². The van der Waals surface area contributed by atoms with Crippen LogP contribution >= 0.6 is 0 Å². The Bertz CT molecular complexity index is 349. The molecule has 1 aliphatic heterocycles. The molecule has 82 valence electrons. The highest BCUT2D eigenvalue weighted by molar-refractivity contribution is 5.18. The van der Waals surface area contributed by atoms with Crippen LogP contribution in [0.15, 0.2) is 4.42 Å². The Morgan fingerprint density at radius 1 is 1.27 bits per heavy atom. The third kappa shape index (κ3) is 1.81. The minimum Gasteiger partial charge on any atom is -0.445 e. The molecule has 1 aliphatic carbocycles. The van der Waals surface area contributed by atoms with Gasteiger partial charge >= 0.3 is 0 Å². The Morgan fingerprint density at radius 3 is 2.80 bits per heavy atom.